The molecule has 1 aliphatic heterocycles. The molecule has 2 aromatic carbocycles. The summed E-state index contributed by atoms with van der Waals surface area (Å²) in [6.45, 7) is 2.07. The molecule has 1 fully saturated rings. The minimum absolute atomic E-state index is 0. The maximum absolute atomic E-state index is 13.2. The second kappa shape index (κ2) is 14.9. The number of hydrogen-bond donors (Lipinski definition) is 3. The van der Waals surface area contributed by atoms with Gasteiger partial charge in [-0.1, -0.05) is 14.9 Å². The van der Waals surface area contributed by atoms with Gasteiger partial charge in [0, 0.05) is 31.3 Å². The maximum Gasteiger partial charge on any atom is 0.162 e. The summed E-state index contributed by atoms with van der Waals surface area (Å²) >= 11 is 0. The first-order valence-corrected chi connectivity index (χ1v) is 10.8. The predicted molar refractivity (Wildman–Crippen MR) is 127 cm³/mol. The van der Waals surface area contributed by atoms with Gasteiger partial charge in [0.25, 0.3) is 0 Å². The second-order valence-electron chi connectivity index (χ2n) is 8.06. The standard InChI is InChI=1S/C23H28F4N2O4.2CH4/c24-20-3-1-18(9-22(20)26)32-13-16(30)11-28-15-5-7-29(8-6-15)12-17(31)14-33-19-2-4-21(25)23(27)10-19;;/h1-4,9-10,15-17,28,30-31H,5-8,11-14H2;2*1H4. The molecule has 6 nitrogen and oxygen atoms in total. The van der Waals surface area contributed by atoms with Crippen LogP contribution in [0.2, 0.25) is 0 Å². The molecule has 3 N–H and O–H groups in total. The third-order valence-corrected chi connectivity index (χ3v) is 5.37. The van der Waals surface area contributed by atoms with E-state index in [1.165, 1.54) is 12.1 Å². The topological polar surface area (TPSA) is 74.2 Å². The van der Waals surface area contributed by atoms with E-state index in [0.29, 0.717) is 13.1 Å². The van der Waals surface area contributed by atoms with Crippen LogP contribution in [0.1, 0.15) is 27.7 Å². The molecule has 1 saturated heterocycles. The smallest absolute Gasteiger partial charge is 0.162 e. The fourth-order valence-corrected chi connectivity index (χ4v) is 3.55. The van der Waals surface area contributed by atoms with Gasteiger partial charge in [0.1, 0.15) is 36.9 Å². The normalized spacial score (nSPS) is 16.1. The molecule has 0 bridgehead atoms. The van der Waals surface area contributed by atoms with Gasteiger partial charge in [-0.25, -0.2) is 17.6 Å². The first-order chi connectivity index (χ1) is 15.8. The molecule has 1 aliphatic rings. The molecule has 0 saturated carbocycles. The number of hydrogen-bond acceptors (Lipinski definition) is 6. The van der Waals surface area contributed by atoms with Crippen molar-refractivity contribution in [1.29, 1.82) is 0 Å². The molecule has 0 radical (unpaired) electrons. The lowest BCUT2D eigenvalue weighted by atomic mass is 10.0. The van der Waals surface area contributed by atoms with E-state index < -0.39 is 35.5 Å². The van der Waals surface area contributed by atoms with Crippen LogP contribution in [0.4, 0.5) is 17.6 Å². The number of ether oxygens (including phenoxy) is 2. The lowest BCUT2D eigenvalue weighted by Gasteiger charge is -2.33. The van der Waals surface area contributed by atoms with Crippen LogP contribution in [0.3, 0.4) is 0 Å². The number of aliphatic hydroxyl groups excluding tert-OH is 2. The predicted octanol–water partition coefficient (Wildman–Crippen LogP) is 3.75. The van der Waals surface area contributed by atoms with Gasteiger partial charge in [0.2, 0.25) is 0 Å². The van der Waals surface area contributed by atoms with E-state index in [9.17, 15) is 27.8 Å². The molecule has 198 valence electrons. The van der Waals surface area contributed by atoms with Crippen molar-refractivity contribution in [2.45, 2.75) is 45.9 Å². The number of likely N-dealkylation sites (tertiary alicyclic amines) is 1. The van der Waals surface area contributed by atoms with E-state index in [1.807, 2.05) is 0 Å². The largest absolute Gasteiger partial charge is 0.491 e. The lowest BCUT2D eigenvalue weighted by Crippen LogP contribution is -2.47. The van der Waals surface area contributed by atoms with Gasteiger partial charge in [-0.3, -0.25) is 0 Å². The fourth-order valence-electron chi connectivity index (χ4n) is 3.55. The molecule has 0 amide bonds. The van der Waals surface area contributed by atoms with Crippen LogP contribution in [-0.2, 0) is 0 Å². The Morgan fingerprint density at radius 1 is 0.800 bits per heavy atom. The van der Waals surface area contributed by atoms with Crippen molar-refractivity contribution >= 4 is 0 Å². The molecule has 1 heterocycles. The van der Waals surface area contributed by atoms with E-state index in [0.717, 1.165) is 50.2 Å². The zero-order chi connectivity index (χ0) is 23.8. The van der Waals surface area contributed by atoms with Crippen molar-refractivity contribution in [3.8, 4) is 11.5 Å². The van der Waals surface area contributed by atoms with Crippen molar-refractivity contribution in [3.63, 3.8) is 0 Å². The molecule has 2 atom stereocenters. The number of benzene rings is 2. The molecule has 3 rings (SSSR count). The van der Waals surface area contributed by atoms with Gasteiger partial charge < -0.3 is 29.9 Å². The summed E-state index contributed by atoms with van der Waals surface area (Å²) in [5, 5.41) is 23.5. The Morgan fingerprint density at radius 2 is 1.29 bits per heavy atom. The molecule has 0 aromatic heterocycles. The molecule has 10 heteroatoms. The quantitative estimate of drug-likeness (QED) is 0.405. The van der Waals surface area contributed by atoms with Gasteiger partial charge in [-0.15, -0.1) is 0 Å². The molecular formula is C25H36F4N2O4. The third-order valence-electron chi connectivity index (χ3n) is 5.37. The maximum atomic E-state index is 13.2. The number of halogens is 4. The highest BCUT2D eigenvalue weighted by Gasteiger charge is 2.22. The van der Waals surface area contributed by atoms with E-state index in [1.54, 1.807) is 0 Å². The number of piperidine rings is 1. The van der Waals surface area contributed by atoms with Gasteiger partial charge in [-0.05, 0) is 50.2 Å². The van der Waals surface area contributed by atoms with Crippen LogP contribution in [0, 0.1) is 23.3 Å². The van der Waals surface area contributed by atoms with Crippen LogP contribution >= 0.6 is 0 Å². The van der Waals surface area contributed by atoms with Crippen molar-refractivity contribution in [2.75, 3.05) is 39.4 Å². The summed E-state index contributed by atoms with van der Waals surface area (Å²) in [6, 6.07) is 6.61. The molecule has 35 heavy (non-hydrogen) atoms. The Labute approximate surface area is 204 Å². The SMILES string of the molecule is C.C.OC(CNC1CCN(CC(O)COc2ccc(F)c(F)c2)CC1)COc1ccc(F)c(F)c1. The minimum atomic E-state index is -1.01. The van der Waals surface area contributed by atoms with Crippen molar-refractivity contribution in [2.24, 2.45) is 0 Å². The van der Waals surface area contributed by atoms with Gasteiger partial charge >= 0.3 is 0 Å². The zero-order valence-electron chi connectivity index (χ0n) is 18.0. The highest BCUT2D eigenvalue weighted by Crippen LogP contribution is 2.17. The monoisotopic (exact) mass is 504 g/mol. The average Bonchev–Trinajstić information content (AvgIpc) is 2.80. The summed E-state index contributed by atoms with van der Waals surface area (Å²) in [5.74, 6) is -3.62. The number of β-amino-alcohol motifs (C(OH)–C–C–N with tert-alkyl or cyclic N) is 1. The van der Waals surface area contributed by atoms with E-state index >= 15 is 0 Å². The van der Waals surface area contributed by atoms with Gasteiger partial charge in [0.15, 0.2) is 23.3 Å². The third kappa shape index (κ3) is 10.0. The highest BCUT2D eigenvalue weighted by atomic mass is 19.2. The Bertz CT molecular complexity index is 898. The van der Waals surface area contributed by atoms with Crippen LogP contribution < -0.4 is 14.8 Å². The Balaban J connectivity index is 0.00000306. The van der Waals surface area contributed by atoms with Crippen molar-refractivity contribution in [3.05, 3.63) is 59.7 Å². The summed E-state index contributed by atoms with van der Waals surface area (Å²) in [4.78, 5) is 2.08. The van der Waals surface area contributed by atoms with Gasteiger partial charge in [0.05, 0.1) is 0 Å². The number of aliphatic hydroxyl groups is 2. The molecule has 2 aromatic rings. The van der Waals surface area contributed by atoms with Gasteiger partial charge in [-0.2, -0.15) is 0 Å². The summed E-state index contributed by atoms with van der Waals surface area (Å²) in [7, 11) is 0. The highest BCUT2D eigenvalue weighted by molar-refractivity contribution is 5.24. The number of nitrogens with one attached hydrogen (secondary N) is 1. The Morgan fingerprint density at radius 3 is 1.77 bits per heavy atom. The van der Waals surface area contributed by atoms with E-state index in [-0.39, 0.29) is 45.6 Å². The lowest BCUT2D eigenvalue weighted by molar-refractivity contribution is 0.0555. The van der Waals surface area contributed by atoms with E-state index in [4.69, 9.17) is 9.47 Å². The zero-order valence-corrected chi connectivity index (χ0v) is 18.0. The molecule has 2 unspecified atom stereocenters. The average molecular weight is 505 g/mol. The Hall–Kier alpha value is -2.40. The molecule has 0 spiro atoms. The van der Waals surface area contributed by atoms with Crippen LogP contribution in [0.25, 0.3) is 0 Å². The molecule has 0 aliphatic carbocycles. The van der Waals surface area contributed by atoms with Crippen LogP contribution in [-0.4, -0.2) is 72.8 Å². The first-order valence-electron chi connectivity index (χ1n) is 10.8. The van der Waals surface area contributed by atoms with E-state index in [2.05, 4.69) is 10.2 Å². The summed E-state index contributed by atoms with van der Waals surface area (Å²) in [6.07, 6.45) is 0.0328. The Kier molecular flexibility index (Phi) is 13.0. The van der Waals surface area contributed by atoms with Crippen LogP contribution in [0.5, 0.6) is 11.5 Å². The first kappa shape index (κ1) is 30.6. The number of nitrogens with zero attached hydrogens (tertiary/aromatic N) is 1. The molecular weight excluding hydrogens is 468 g/mol. The second-order valence-corrected chi connectivity index (χ2v) is 8.06. The minimum Gasteiger partial charge on any atom is -0.491 e. The van der Waals surface area contributed by atoms with Crippen molar-refractivity contribution < 1.29 is 37.2 Å². The number of rotatable bonds is 11. The van der Waals surface area contributed by atoms with Crippen LogP contribution in [0.15, 0.2) is 36.4 Å². The summed E-state index contributed by atoms with van der Waals surface area (Å²) in [5.41, 5.74) is 0. The van der Waals surface area contributed by atoms with Crippen molar-refractivity contribution in [1.82, 2.24) is 10.2 Å². The fraction of sp³-hybridized carbons (Fsp3) is 0.520. The summed E-state index contributed by atoms with van der Waals surface area (Å²) < 4.78 is 62.8.